The van der Waals surface area contributed by atoms with Gasteiger partial charge in [0.25, 0.3) is 5.91 Å². The summed E-state index contributed by atoms with van der Waals surface area (Å²) in [7, 11) is 1.65. The molecule has 2 aromatic rings. The molecule has 1 N–H and O–H groups in total. The van der Waals surface area contributed by atoms with Crippen LogP contribution in [0, 0.1) is 0 Å². The summed E-state index contributed by atoms with van der Waals surface area (Å²) in [6.45, 7) is 0.0879. The van der Waals surface area contributed by atoms with Crippen molar-refractivity contribution in [3.05, 3.63) is 59.7 Å². The van der Waals surface area contributed by atoms with Gasteiger partial charge in [-0.1, -0.05) is 43.2 Å². The first-order valence-corrected chi connectivity index (χ1v) is 9.02. The Balaban J connectivity index is 1.60. The van der Waals surface area contributed by atoms with E-state index in [0.717, 1.165) is 42.6 Å². The van der Waals surface area contributed by atoms with Gasteiger partial charge < -0.3 is 19.5 Å². The Morgan fingerprint density at radius 2 is 1.85 bits per heavy atom. The van der Waals surface area contributed by atoms with Gasteiger partial charge in [-0.3, -0.25) is 4.79 Å². The molecule has 2 aromatic carbocycles. The zero-order valence-electron chi connectivity index (χ0n) is 14.9. The number of hydrogen-bond donors (Lipinski definition) is 1. The minimum absolute atomic E-state index is 0.0879. The zero-order chi connectivity index (χ0) is 18.0. The number of ether oxygens (including phenoxy) is 3. The number of carbonyl (C=O) groups is 1. The predicted octanol–water partition coefficient (Wildman–Crippen LogP) is 3.69. The fraction of sp³-hybridized carbons (Fsp3) is 0.381. The molecule has 4 rings (SSSR count). The molecule has 0 aromatic heterocycles. The normalized spacial score (nSPS) is 20.7. The van der Waals surface area contributed by atoms with Crippen molar-refractivity contribution in [1.29, 1.82) is 0 Å². The first kappa shape index (κ1) is 16.9. The highest BCUT2D eigenvalue weighted by Gasteiger charge is 2.40. The summed E-state index contributed by atoms with van der Waals surface area (Å²) in [5.41, 5.74) is 1.54. The maximum Gasteiger partial charge on any atom is 0.254 e. The molecule has 1 atom stereocenters. The smallest absolute Gasteiger partial charge is 0.254 e. The number of hydrogen-bond acceptors (Lipinski definition) is 4. The molecule has 0 radical (unpaired) electrons. The van der Waals surface area contributed by atoms with Crippen molar-refractivity contribution in [2.24, 2.45) is 0 Å². The summed E-state index contributed by atoms with van der Waals surface area (Å²) < 4.78 is 16.4. The highest BCUT2D eigenvalue weighted by Crippen LogP contribution is 2.40. The van der Waals surface area contributed by atoms with Crippen LogP contribution in [-0.2, 0) is 15.1 Å². The van der Waals surface area contributed by atoms with Crippen LogP contribution in [-0.4, -0.2) is 19.8 Å². The maximum absolute atomic E-state index is 13.1. The van der Waals surface area contributed by atoms with E-state index < -0.39 is 6.10 Å². The lowest BCUT2D eigenvalue weighted by molar-refractivity contribution is -0.144. The van der Waals surface area contributed by atoms with E-state index >= 15 is 0 Å². The summed E-state index contributed by atoms with van der Waals surface area (Å²) in [6, 6.07) is 15.5. The van der Waals surface area contributed by atoms with Crippen LogP contribution in [0.25, 0.3) is 0 Å². The van der Waals surface area contributed by atoms with Crippen molar-refractivity contribution in [2.75, 3.05) is 13.9 Å². The SMILES string of the molecule is COc1ccc(C2(NC(=O)C3OCOc4ccccc43)CCCC2)cc1. The summed E-state index contributed by atoms with van der Waals surface area (Å²) >= 11 is 0. The van der Waals surface area contributed by atoms with Crippen molar-refractivity contribution >= 4 is 5.91 Å². The standard InChI is InChI=1S/C21H23NO4/c1-24-16-10-8-15(9-11-16)21(12-4-5-13-21)22-20(23)19-17-6-2-3-7-18(17)25-14-26-19/h2-3,6-11,19H,4-5,12-14H2,1H3,(H,22,23). The third-order valence-corrected chi connectivity index (χ3v) is 5.35. The lowest BCUT2D eigenvalue weighted by Gasteiger charge is -2.34. The van der Waals surface area contributed by atoms with Crippen LogP contribution in [0.15, 0.2) is 48.5 Å². The molecule has 1 fully saturated rings. The number of benzene rings is 2. The van der Waals surface area contributed by atoms with Gasteiger partial charge in [-0.25, -0.2) is 0 Å². The number of carbonyl (C=O) groups excluding carboxylic acids is 1. The van der Waals surface area contributed by atoms with Crippen molar-refractivity contribution in [1.82, 2.24) is 5.32 Å². The summed E-state index contributed by atoms with van der Waals surface area (Å²) in [5.74, 6) is 1.41. The van der Waals surface area contributed by atoms with E-state index in [-0.39, 0.29) is 18.2 Å². The number of fused-ring (bicyclic) bond motifs is 1. The Labute approximate surface area is 153 Å². The predicted molar refractivity (Wildman–Crippen MR) is 97.0 cm³/mol. The number of methoxy groups -OCH3 is 1. The van der Waals surface area contributed by atoms with Crippen LogP contribution in [0.2, 0.25) is 0 Å². The second-order valence-electron chi connectivity index (χ2n) is 6.85. The van der Waals surface area contributed by atoms with E-state index in [1.54, 1.807) is 7.11 Å². The van der Waals surface area contributed by atoms with E-state index in [9.17, 15) is 4.79 Å². The second-order valence-corrected chi connectivity index (χ2v) is 6.85. The zero-order valence-corrected chi connectivity index (χ0v) is 14.9. The van der Waals surface area contributed by atoms with Crippen LogP contribution in [0.4, 0.5) is 0 Å². The fourth-order valence-corrected chi connectivity index (χ4v) is 3.98. The molecule has 1 unspecified atom stereocenters. The molecule has 1 saturated carbocycles. The molecular weight excluding hydrogens is 330 g/mol. The summed E-state index contributed by atoms with van der Waals surface area (Å²) in [4.78, 5) is 13.1. The first-order valence-electron chi connectivity index (χ1n) is 9.02. The quantitative estimate of drug-likeness (QED) is 0.911. The number of amides is 1. The first-order chi connectivity index (χ1) is 12.7. The molecular formula is C21H23NO4. The molecule has 1 aliphatic heterocycles. The van der Waals surface area contributed by atoms with Gasteiger partial charge in [-0.15, -0.1) is 0 Å². The monoisotopic (exact) mass is 353 g/mol. The minimum atomic E-state index is -0.643. The Morgan fingerprint density at radius 3 is 2.58 bits per heavy atom. The number of rotatable bonds is 4. The van der Waals surface area contributed by atoms with Gasteiger partial charge in [0, 0.05) is 5.56 Å². The summed E-state index contributed by atoms with van der Waals surface area (Å²) in [5, 5.41) is 3.30. The van der Waals surface area contributed by atoms with E-state index in [4.69, 9.17) is 14.2 Å². The number of para-hydroxylation sites is 1. The van der Waals surface area contributed by atoms with Gasteiger partial charge in [0.05, 0.1) is 12.6 Å². The highest BCUT2D eigenvalue weighted by molar-refractivity contribution is 5.84. The molecule has 5 heteroatoms. The molecule has 136 valence electrons. The Kier molecular flexibility index (Phi) is 4.55. The van der Waals surface area contributed by atoms with Crippen LogP contribution >= 0.6 is 0 Å². The second kappa shape index (κ2) is 7.00. The molecule has 0 spiro atoms. The Morgan fingerprint density at radius 1 is 1.12 bits per heavy atom. The lowest BCUT2D eigenvalue weighted by atomic mass is 9.87. The van der Waals surface area contributed by atoms with Gasteiger partial charge in [0.2, 0.25) is 0 Å². The molecule has 1 heterocycles. The van der Waals surface area contributed by atoms with Gasteiger partial charge in [-0.05, 0) is 36.6 Å². The van der Waals surface area contributed by atoms with Crippen LogP contribution in [0.5, 0.6) is 11.5 Å². The van der Waals surface area contributed by atoms with Gasteiger partial charge >= 0.3 is 0 Å². The van der Waals surface area contributed by atoms with Crippen LogP contribution in [0.1, 0.15) is 42.9 Å². The average Bonchev–Trinajstić information content (AvgIpc) is 3.17. The van der Waals surface area contributed by atoms with Crippen molar-refractivity contribution < 1.29 is 19.0 Å². The fourth-order valence-electron chi connectivity index (χ4n) is 3.98. The van der Waals surface area contributed by atoms with Crippen LogP contribution < -0.4 is 14.8 Å². The molecule has 0 saturated heterocycles. The van der Waals surface area contributed by atoms with E-state index in [1.165, 1.54) is 0 Å². The molecule has 1 amide bonds. The van der Waals surface area contributed by atoms with Gasteiger partial charge in [0.15, 0.2) is 12.9 Å². The van der Waals surface area contributed by atoms with E-state index in [1.807, 2.05) is 48.5 Å². The Bertz CT molecular complexity index is 781. The molecule has 1 aliphatic carbocycles. The molecule has 0 bridgehead atoms. The molecule has 26 heavy (non-hydrogen) atoms. The lowest BCUT2D eigenvalue weighted by Crippen LogP contribution is -2.47. The Hall–Kier alpha value is -2.53. The molecule has 5 nitrogen and oxygen atoms in total. The van der Waals surface area contributed by atoms with E-state index in [2.05, 4.69) is 5.32 Å². The van der Waals surface area contributed by atoms with Crippen molar-refractivity contribution in [2.45, 2.75) is 37.3 Å². The van der Waals surface area contributed by atoms with Crippen LogP contribution in [0.3, 0.4) is 0 Å². The largest absolute Gasteiger partial charge is 0.497 e. The minimum Gasteiger partial charge on any atom is -0.497 e. The molecule has 2 aliphatic rings. The summed E-state index contributed by atoms with van der Waals surface area (Å²) in [6.07, 6.45) is 3.40. The third-order valence-electron chi connectivity index (χ3n) is 5.35. The maximum atomic E-state index is 13.1. The third kappa shape index (κ3) is 3.03. The van der Waals surface area contributed by atoms with Gasteiger partial charge in [0.1, 0.15) is 11.5 Å². The van der Waals surface area contributed by atoms with Crippen molar-refractivity contribution in [3.8, 4) is 11.5 Å². The highest BCUT2D eigenvalue weighted by atomic mass is 16.7. The topological polar surface area (TPSA) is 56.8 Å². The average molecular weight is 353 g/mol. The number of nitrogens with one attached hydrogen (secondary N) is 1. The van der Waals surface area contributed by atoms with Gasteiger partial charge in [-0.2, -0.15) is 0 Å². The van der Waals surface area contributed by atoms with Crippen molar-refractivity contribution in [3.63, 3.8) is 0 Å². The van der Waals surface area contributed by atoms with E-state index in [0.29, 0.717) is 5.75 Å².